The van der Waals surface area contributed by atoms with Crippen LogP contribution in [0, 0.1) is 0 Å². The summed E-state index contributed by atoms with van der Waals surface area (Å²) in [5.74, 6) is -0.759. The Morgan fingerprint density at radius 3 is 2.79 bits per heavy atom. The van der Waals surface area contributed by atoms with Crippen molar-refractivity contribution < 1.29 is 17.9 Å². The maximum atomic E-state index is 12.2. The fourth-order valence-corrected chi connectivity index (χ4v) is 2.91. The molecule has 0 saturated heterocycles. The first-order valence-electron chi connectivity index (χ1n) is 6.51. The monoisotopic (exact) mass is 367 g/mol. The van der Waals surface area contributed by atoms with E-state index in [1.807, 2.05) is 4.83 Å². The average molecular weight is 368 g/mol. The maximum Gasteiger partial charge on any atom is 0.417 e. The van der Waals surface area contributed by atoms with Crippen molar-refractivity contribution in [2.75, 3.05) is 0 Å². The Morgan fingerprint density at radius 1 is 1.25 bits per heavy atom. The third kappa shape index (κ3) is 3.26. The summed E-state index contributed by atoms with van der Waals surface area (Å²) in [5.41, 5.74) is 1.01. The van der Waals surface area contributed by atoms with E-state index < -0.39 is 15.8 Å². The number of H-pyrrole nitrogens is 1. The Balaban J connectivity index is 1.82. The average Bonchev–Trinajstić information content (AvgIpc) is 2.89. The van der Waals surface area contributed by atoms with Gasteiger partial charge in [0.05, 0.1) is 21.6 Å². The smallest absolute Gasteiger partial charge is 0.417 e. The molecule has 0 amide bonds. The molecule has 8 nitrogen and oxygen atoms in total. The van der Waals surface area contributed by atoms with Gasteiger partial charge in [0.25, 0.3) is 10.0 Å². The van der Waals surface area contributed by atoms with Crippen LogP contribution in [-0.4, -0.2) is 24.7 Å². The van der Waals surface area contributed by atoms with Crippen molar-refractivity contribution in [3.05, 3.63) is 57.5 Å². The van der Waals surface area contributed by atoms with E-state index in [9.17, 15) is 18.3 Å². The van der Waals surface area contributed by atoms with Gasteiger partial charge >= 0.3 is 5.76 Å². The van der Waals surface area contributed by atoms with E-state index in [2.05, 4.69) is 10.1 Å². The number of hydrogen-bond donors (Lipinski definition) is 3. The number of nitrogens with zero attached hydrogens (tertiary/aromatic N) is 1. The molecule has 0 atom stereocenters. The highest BCUT2D eigenvalue weighted by molar-refractivity contribution is 7.89. The van der Waals surface area contributed by atoms with Gasteiger partial charge < -0.3 is 9.52 Å². The predicted octanol–water partition coefficient (Wildman–Crippen LogP) is 1.79. The number of aromatic nitrogens is 1. The number of aromatic amines is 1. The number of sulfonamides is 1. The molecular weight excluding hydrogens is 358 g/mol. The van der Waals surface area contributed by atoms with Crippen LogP contribution in [0.1, 0.15) is 5.56 Å². The van der Waals surface area contributed by atoms with Crippen LogP contribution in [0.3, 0.4) is 0 Å². The molecule has 0 fully saturated rings. The van der Waals surface area contributed by atoms with Crippen LogP contribution in [0.5, 0.6) is 5.75 Å². The number of nitrogens with one attached hydrogen (secondary N) is 2. The van der Waals surface area contributed by atoms with Crippen LogP contribution in [0.4, 0.5) is 0 Å². The van der Waals surface area contributed by atoms with Crippen molar-refractivity contribution in [3.8, 4) is 5.75 Å². The zero-order chi connectivity index (χ0) is 17.3. The molecule has 3 aromatic rings. The Bertz CT molecular complexity index is 1100. The Labute approximate surface area is 140 Å². The first kappa shape index (κ1) is 16.1. The second-order valence-corrected chi connectivity index (χ2v) is 6.80. The lowest BCUT2D eigenvalue weighted by Crippen LogP contribution is -2.18. The molecule has 124 valence electrons. The summed E-state index contributed by atoms with van der Waals surface area (Å²) in [6, 6.07) is 8.23. The first-order chi connectivity index (χ1) is 11.3. The minimum Gasteiger partial charge on any atom is -0.506 e. The third-order valence-corrected chi connectivity index (χ3v) is 4.58. The molecule has 0 radical (unpaired) electrons. The Morgan fingerprint density at radius 2 is 2.04 bits per heavy atom. The van der Waals surface area contributed by atoms with Gasteiger partial charge in [-0.2, -0.15) is 13.5 Å². The number of fused-ring (bicyclic) bond motifs is 1. The number of aromatic hydroxyl groups is 1. The van der Waals surface area contributed by atoms with Gasteiger partial charge in [-0.25, -0.2) is 9.63 Å². The summed E-state index contributed by atoms with van der Waals surface area (Å²) in [4.78, 5) is 15.4. The highest BCUT2D eigenvalue weighted by Gasteiger charge is 2.15. The highest BCUT2D eigenvalue weighted by Crippen LogP contribution is 2.22. The molecule has 1 aromatic heterocycles. The van der Waals surface area contributed by atoms with Crippen LogP contribution in [0.15, 0.2) is 55.6 Å². The number of phenols is 1. The number of hydrazone groups is 1. The SMILES string of the molecule is O=c1[nH]c2ccc(S(=O)(=O)N/N=C/c3ccc(O)c(Cl)c3)cc2o1. The zero-order valence-electron chi connectivity index (χ0n) is 11.9. The van der Waals surface area contributed by atoms with Crippen LogP contribution < -0.4 is 10.6 Å². The minimum atomic E-state index is -3.94. The van der Waals surface area contributed by atoms with Crippen molar-refractivity contribution in [3.63, 3.8) is 0 Å². The molecule has 0 aliphatic rings. The van der Waals surface area contributed by atoms with Crippen molar-refractivity contribution in [2.45, 2.75) is 4.90 Å². The van der Waals surface area contributed by atoms with E-state index >= 15 is 0 Å². The van der Waals surface area contributed by atoms with E-state index in [1.165, 1.54) is 42.6 Å². The second-order valence-electron chi connectivity index (χ2n) is 4.74. The lowest BCUT2D eigenvalue weighted by Gasteiger charge is -2.03. The van der Waals surface area contributed by atoms with Crippen molar-refractivity contribution in [1.29, 1.82) is 0 Å². The quantitative estimate of drug-likeness (QED) is 0.479. The van der Waals surface area contributed by atoms with Gasteiger partial charge in [-0.1, -0.05) is 11.6 Å². The molecule has 1 heterocycles. The van der Waals surface area contributed by atoms with Crippen molar-refractivity contribution in [2.24, 2.45) is 5.10 Å². The Kier molecular flexibility index (Phi) is 4.04. The van der Waals surface area contributed by atoms with Crippen LogP contribution in [-0.2, 0) is 10.0 Å². The summed E-state index contributed by atoms with van der Waals surface area (Å²) < 4.78 is 29.2. The summed E-state index contributed by atoms with van der Waals surface area (Å²) in [7, 11) is -3.94. The van der Waals surface area contributed by atoms with Gasteiger partial charge in [-0.15, -0.1) is 0 Å². The molecule has 3 N–H and O–H groups in total. The molecule has 0 bridgehead atoms. The molecule has 24 heavy (non-hydrogen) atoms. The number of halogens is 1. The van der Waals surface area contributed by atoms with Crippen molar-refractivity contribution >= 4 is 38.9 Å². The minimum absolute atomic E-state index is 0.0873. The van der Waals surface area contributed by atoms with E-state index in [0.29, 0.717) is 11.1 Å². The van der Waals surface area contributed by atoms with Crippen LogP contribution in [0.2, 0.25) is 5.02 Å². The van der Waals surface area contributed by atoms with Gasteiger partial charge in [0, 0.05) is 6.07 Å². The second kappa shape index (κ2) is 6.02. The van der Waals surface area contributed by atoms with E-state index in [-0.39, 0.29) is 21.3 Å². The van der Waals surface area contributed by atoms with Gasteiger partial charge in [0.2, 0.25) is 0 Å². The largest absolute Gasteiger partial charge is 0.506 e. The number of rotatable bonds is 4. The molecule has 2 aromatic carbocycles. The van der Waals surface area contributed by atoms with Crippen LogP contribution in [0.25, 0.3) is 11.1 Å². The van der Waals surface area contributed by atoms with Gasteiger partial charge in [-0.05, 0) is 35.9 Å². The summed E-state index contributed by atoms with van der Waals surface area (Å²) >= 11 is 5.75. The fraction of sp³-hybridized carbons (Fsp3) is 0. The molecule has 3 rings (SSSR count). The molecule has 0 aliphatic carbocycles. The molecule has 0 unspecified atom stereocenters. The highest BCUT2D eigenvalue weighted by atomic mass is 35.5. The Hall–Kier alpha value is -2.78. The number of phenolic OH excluding ortho intramolecular Hbond substituents is 1. The van der Waals surface area contributed by atoms with Crippen molar-refractivity contribution in [1.82, 2.24) is 9.82 Å². The molecule has 10 heteroatoms. The van der Waals surface area contributed by atoms with E-state index in [4.69, 9.17) is 16.0 Å². The van der Waals surface area contributed by atoms with E-state index in [1.54, 1.807) is 0 Å². The van der Waals surface area contributed by atoms with Crippen LogP contribution >= 0.6 is 11.6 Å². The van der Waals surface area contributed by atoms with Gasteiger partial charge in [0.1, 0.15) is 5.75 Å². The van der Waals surface area contributed by atoms with Gasteiger partial charge in [-0.3, -0.25) is 4.98 Å². The molecule has 0 aliphatic heterocycles. The van der Waals surface area contributed by atoms with E-state index in [0.717, 1.165) is 0 Å². The lowest BCUT2D eigenvalue weighted by atomic mass is 10.2. The zero-order valence-corrected chi connectivity index (χ0v) is 13.4. The standard InChI is InChI=1S/C14H10ClN3O5S/c15-10-5-8(1-4-12(10)19)7-16-18-24(21,22)9-2-3-11-13(6-9)23-14(20)17-11/h1-7,18-19H,(H,17,20)/b16-7+. The normalized spacial score (nSPS) is 12.0. The number of oxazole rings is 1. The fourth-order valence-electron chi connectivity index (χ4n) is 1.92. The third-order valence-electron chi connectivity index (χ3n) is 3.06. The topological polar surface area (TPSA) is 125 Å². The summed E-state index contributed by atoms with van der Waals surface area (Å²) in [6.07, 6.45) is 1.23. The summed E-state index contributed by atoms with van der Waals surface area (Å²) in [5, 5.41) is 13.1. The first-order valence-corrected chi connectivity index (χ1v) is 8.37. The predicted molar refractivity (Wildman–Crippen MR) is 87.9 cm³/mol. The number of benzene rings is 2. The maximum absolute atomic E-state index is 12.2. The van der Waals surface area contributed by atoms with Gasteiger partial charge in [0.15, 0.2) is 5.58 Å². The molecular formula is C14H10ClN3O5S. The lowest BCUT2D eigenvalue weighted by molar-refractivity contribution is 0.475. The molecule has 0 spiro atoms. The molecule has 0 saturated carbocycles. The summed E-state index contributed by atoms with van der Waals surface area (Å²) in [6.45, 7) is 0. The number of hydrogen-bond acceptors (Lipinski definition) is 6.